The number of oxime groups is 1. The highest BCUT2D eigenvalue weighted by atomic mass is 35.5. The van der Waals surface area contributed by atoms with Gasteiger partial charge in [0.25, 0.3) is 5.91 Å². The van der Waals surface area contributed by atoms with E-state index in [-0.39, 0.29) is 30.7 Å². The van der Waals surface area contributed by atoms with Crippen molar-refractivity contribution in [2.45, 2.75) is 109 Å². The number of ketones is 1. The molecule has 1 aromatic carbocycles. The lowest BCUT2D eigenvalue weighted by Gasteiger charge is -2.40. The first-order chi connectivity index (χ1) is 22.6. The number of nitrogens with zero attached hydrogens (tertiary/aromatic N) is 3. The number of Topliss-reactive ketones (excluding diaryl/α,β-unsaturated/α-hetero) is 1. The fourth-order valence-electron chi connectivity index (χ4n) is 8.72. The number of halogens is 1. The summed E-state index contributed by atoms with van der Waals surface area (Å²) in [6.07, 6.45) is 7.62. The average Bonchev–Trinajstić information content (AvgIpc) is 3.36. The quantitative estimate of drug-likeness (QED) is 0.339. The van der Waals surface area contributed by atoms with Crippen LogP contribution in [0.25, 0.3) is 0 Å². The van der Waals surface area contributed by atoms with E-state index in [0.717, 1.165) is 24.8 Å². The number of likely N-dealkylation sites (tertiary alicyclic amines) is 1. The van der Waals surface area contributed by atoms with Gasteiger partial charge in [0.1, 0.15) is 12.1 Å². The smallest absolute Gasteiger partial charge is 0.287 e. The normalized spacial score (nSPS) is 28.9. The van der Waals surface area contributed by atoms with Crippen molar-refractivity contribution in [3.8, 4) is 0 Å². The van der Waals surface area contributed by atoms with Gasteiger partial charge in [0.15, 0.2) is 5.60 Å². The minimum Gasteiger partial charge on any atom is -0.387 e. The van der Waals surface area contributed by atoms with Crippen molar-refractivity contribution in [3.63, 3.8) is 0 Å². The summed E-state index contributed by atoms with van der Waals surface area (Å²) in [5.41, 5.74) is 5.10. The number of hydrogen-bond donors (Lipinski definition) is 2. The molecule has 1 spiro atoms. The van der Waals surface area contributed by atoms with E-state index in [1.54, 1.807) is 24.1 Å². The molecule has 2 bridgehead atoms. The number of hydrogen-bond acceptors (Lipinski definition) is 7. The first kappa shape index (κ1) is 34.4. The Morgan fingerprint density at radius 2 is 1.90 bits per heavy atom. The van der Waals surface area contributed by atoms with Crippen LogP contribution >= 0.6 is 11.6 Å². The van der Waals surface area contributed by atoms with Gasteiger partial charge in [0.05, 0.1) is 18.3 Å². The number of nitrogens with one attached hydrogen (secondary N) is 1. The number of primary amides is 1. The molecule has 3 saturated carbocycles. The summed E-state index contributed by atoms with van der Waals surface area (Å²) in [4.78, 5) is 76.5. The van der Waals surface area contributed by atoms with Gasteiger partial charge in [0, 0.05) is 36.9 Å². The molecule has 4 fully saturated rings. The second-order valence-corrected chi connectivity index (χ2v) is 16.5. The first-order valence-electron chi connectivity index (χ1n) is 17.4. The minimum atomic E-state index is -1.11. The van der Waals surface area contributed by atoms with Gasteiger partial charge in [-0.25, -0.2) is 0 Å². The third kappa shape index (κ3) is 7.12. The maximum absolute atomic E-state index is 14.8. The van der Waals surface area contributed by atoms with Gasteiger partial charge in [-0.05, 0) is 66.9 Å². The van der Waals surface area contributed by atoms with Crippen LogP contribution in [-0.4, -0.2) is 82.2 Å². The van der Waals surface area contributed by atoms with E-state index in [4.69, 9.17) is 22.2 Å². The monoisotopic (exact) mass is 681 g/mol. The van der Waals surface area contributed by atoms with E-state index in [0.29, 0.717) is 47.8 Å². The lowest BCUT2D eigenvalue weighted by atomic mass is 9.83. The molecule has 260 valence electrons. The van der Waals surface area contributed by atoms with Crippen molar-refractivity contribution in [3.05, 3.63) is 34.9 Å². The zero-order valence-corrected chi connectivity index (χ0v) is 29.1. The van der Waals surface area contributed by atoms with Gasteiger partial charge < -0.3 is 25.7 Å². The number of amides is 4. The molecule has 7 atom stereocenters. The molecular weight excluding hydrogens is 634 g/mol. The van der Waals surface area contributed by atoms with E-state index >= 15 is 0 Å². The Morgan fingerprint density at radius 3 is 2.50 bits per heavy atom. The summed E-state index contributed by atoms with van der Waals surface area (Å²) in [6, 6.07) is 4.27. The Kier molecular flexibility index (Phi) is 9.39. The van der Waals surface area contributed by atoms with Gasteiger partial charge in [-0.2, -0.15) is 0 Å². The van der Waals surface area contributed by atoms with Crippen molar-refractivity contribution >= 4 is 46.7 Å². The lowest BCUT2D eigenvalue weighted by molar-refractivity contribution is -0.152. The third-order valence-corrected chi connectivity index (χ3v) is 11.5. The molecule has 1 saturated heterocycles. The van der Waals surface area contributed by atoms with Crippen LogP contribution in [0.2, 0.25) is 5.02 Å². The summed E-state index contributed by atoms with van der Waals surface area (Å²) < 4.78 is 0. The molecule has 2 aliphatic heterocycles. The van der Waals surface area contributed by atoms with Crippen LogP contribution in [0.15, 0.2) is 29.4 Å². The summed E-state index contributed by atoms with van der Waals surface area (Å²) >= 11 is 6.25. The van der Waals surface area contributed by atoms with Crippen LogP contribution in [0.4, 0.5) is 0 Å². The minimum absolute atomic E-state index is 0.0511. The van der Waals surface area contributed by atoms with E-state index < -0.39 is 46.7 Å². The number of benzene rings is 1. The Bertz CT molecular complexity index is 1520. The lowest BCUT2D eigenvalue weighted by Crippen LogP contribution is -2.59. The molecular formula is C36H48ClN5O6. The highest BCUT2D eigenvalue weighted by Gasteiger charge is 2.56. The standard InChI is InChI=1S/C36H48ClN5O6/c1-35(2,3)31(41(4)29(43)16-24-13-21-10-11-22(24)12-21)34(47)42-19-36(17-27(40-48-36)23-6-5-7-25(37)15-23)18-28(42)33(46)39-26(14-20-8-9-20)30(44)32(38)45/h5-7,15,20-22,24,26,28,31H,8-14,16-19H2,1-4H3,(H2,38,45)(H,39,46)/t21?,22?,24?,26-,28-,31+,36+/m0/s1. The topological polar surface area (TPSA) is 151 Å². The second kappa shape index (κ2) is 13.1. The Morgan fingerprint density at radius 1 is 1.15 bits per heavy atom. The highest BCUT2D eigenvalue weighted by molar-refractivity contribution is 6.37. The van der Waals surface area contributed by atoms with E-state index in [1.165, 1.54) is 24.2 Å². The van der Waals surface area contributed by atoms with Crippen molar-refractivity contribution < 1.29 is 28.8 Å². The zero-order chi connectivity index (χ0) is 34.5. The Labute approximate surface area is 287 Å². The van der Waals surface area contributed by atoms with Crippen LogP contribution in [0, 0.1) is 29.1 Å². The first-order valence-corrected chi connectivity index (χ1v) is 17.7. The molecule has 48 heavy (non-hydrogen) atoms. The van der Waals surface area contributed by atoms with Crippen molar-refractivity contribution in [2.75, 3.05) is 13.6 Å². The Hall–Kier alpha value is -3.47. The number of carbonyl (C=O) groups excluding carboxylic acids is 5. The average molecular weight is 682 g/mol. The fraction of sp³-hybridized carbons (Fsp3) is 0.667. The number of rotatable bonds is 11. The van der Waals surface area contributed by atoms with Crippen LogP contribution in [0.5, 0.6) is 0 Å². The maximum Gasteiger partial charge on any atom is 0.287 e. The van der Waals surface area contributed by atoms with Crippen molar-refractivity contribution in [2.24, 2.45) is 40.0 Å². The molecule has 1 aromatic rings. The second-order valence-electron chi connectivity index (χ2n) is 16.1. The van der Waals surface area contributed by atoms with Gasteiger partial charge in [-0.15, -0.1) is 0 Å². The predicted molar refractivity (Wildman–Crippen MR) is 180 cm³/mol. The molecule has 3 aliphatic carbocycles. The molecule has 5 aliphatic rings. The number of fused-ring (bicyclic) bond motifs is 2. The SMILES string of the molecule is CN(C(=O)CC1CC2CCC1C2)[C@H](C(=O)N1C[C@@]2(CC(c3cccc(Cl)c3)=NO2)C[C@H]1C(=O)N[C@@H](CC1CC1)C(=O)C(N)=O)C(C)(C)C. The summed E-state index contributed by atoms with van der Waals surface area (Å²) in [6.45, 7) is 5.81. The summed E-state index contributed by atoms with van der Waals surface area (Å²) in [5.74, 6) is -1.15. The zero-order valence-electron chi connectivity index (χ0n) is 28.4. The molecule has 12 heteroatoms. The van der Waals surface area contributed by atoms with Gasteiger partial charge >= 0.3 is 0 Å². The largest absolute Gasteiger partial charge is 0.387 e. The van der Waals surface area contributed by atoms with Gasteiger partial charge in [-0.1, -0.05) is 68.9 Å². The Balaban J connectivity index is 1.26. The highest BCUT2D eigenvalue weighted by Crippen LogP contribution is 2.50. The summed E-state index contributed by atoms with van der Waals surface area (Å²) in [5, 5.41) is 7.69. The number of nitrogens with two attached hydrogens (primary N) is 1. The summed E-state index contributed by atoms with van der Waals surface area (Å²) in [7, 11) is 1.69. The molecule has 2 heterocycles. The molecule has 3 unspecified atom stereocenters. The number of likely N-dealkylation sites (N-methyl/N-ethyl adjacent to an activating group) is 1. The van der Waals surface area contributed by atoms with Crippen LogP contribution in [0.1, 0.15) is 90.5 Å². The molecule has 4 amide bonds. The number of carbonyl (C=O) groups is 5. The molecule has 3 N–H and O–H groups in total. The van der Waals surface area contributed by atoms with Crippen molar-refractivity contribution in [1.82, 2.24) is 15.1 Å². The fourth-order valence-corrected chi connectivity index (χ4v) is 8.91. The van der Waals surface area contributed by atoms with E-state index in [2.05, 4.69) is 10.5 Å². The van der Waals surface area contributed by atoms with Crippen LogP contribution < -0.4 is 11.1 Å². The molecule has 0 radical (unpaired) electrons. The van der Waals surface area contributed by atoms with Crippen molar-refractivity contribution in [1.29, 1.82) is 0 Å². The van der Waals surface area contributed by atoms with Crippen LogP contribution in [-0.2, 0) is 28.8 Å². The van der Waals surface area contributed by atoms with Gasteiger partial charge in [-0.3, -0.25) is 24.0 Å². The molecule has 6 rings (SSSR count). The maximum atomic E-state index is 14.8. The van der Waals surface area contributed by atoms with Gasteiger partial charge in [0.2, 0.25) is 23.5 Å². The molecule has 0 aromatic heterocycles. The van der Waals surface area contributed by atoms with Crippen LogP contribution in [0.3, 0.4) is 0 Å². The third-order valence-electron chi connectivity index (χ3n) is 11.3. The van der Waals surface area contributed by atoms with E-state index in [9.17, 15) is 24.0 Å². The molecule has 11 nitrogen and oxygen atoms in total. The van der Waals surface area contributed by atoms with E-state index in [1.807, 2.05) is 32.9 Å². The predicted octanol–water partition coefficient (Wildman–Crippen LogP) is 3.84.